The fourth-order valence-electron chi connectivity index (χ4n) is 2.66. The van der Waals surface area contributed by atoms with E-state index in [0.29, 0.717) is 22.9 Å². The summed E-state index contributed by atoms with van der Waals surface area (Å²) in [4.78, 5) is 23.3. The minimum absolute atomic E-state index is 0.0791. The lowest BCUT2D eigenvalue weighted by Gasteiger charge is -2.12. The lowest BCUT2D eigenvalue weighted by atomic mass is 10.1. The molecule has 1 N–H and O–H groups in total. The molecule has 2 aromatic rings. The van der Waals surface area contributed by atoms with Crippen molar-refractivity contribution in [2.45, 2.75) is 25.9 Å². The van der Waals surface area contributed by atoms with Gasteiger partial charge in [0, 0.05) is 30.7 Å². The Morgan fingerprint density at radius 1 is 1.42 bits per heavy atom. The standard InChI is InChI=1S/C17H18ClNO5/c1-10-5-17(21)24-14-7-15(13(18)6-12(10)14)23-9-16(20)19-8-11-3-2-4-22-11/h5-7,11H,2-4,8-9H2,1H3,(H,19,20)/t11-/m1/s1. The van der Waals surface area contributed by atoms with Crippen molar-refractivity contribution < 1.29 is 18.7 Å². The van der Waals surface area contributed by atoms with Crippen LogP contribution < -0.4 is 15.7 Å². The van der Waals surface area contributed by atoms with Crippen LogP contribution >= 0.6 is 11.6 Å². The number of nitrogens with one attached hydrogen (secondary N) is 1. The van der Waals surface area contributed by atoms with Crippen LogP contribution in [-0.4, -0.2) is 31.8 Å². The highest BCUT2D eigenvalue weighted by Gasteiger charge is 2.16. The molecule has 1 atom stereocenters. The summed E-state index contributed by atoms with van der Waals surface area (Å²) in [6, 6.07) is 4.59. The quantitative estimate of drug-likeness (QED) is 0.837. The topological polar surface area (TPSA) is 77.8 Å². The number of carbonyl (C=O) groups excluding carboxylic acids is 1. The summed E-state index contributed by atoms with van der Waals surface area (Å²) in [5.41, 5.74) is 0.700. The normalized spacial score (nSPS) is 17.2. The van der Waals surface area contributed by atoms with Crippen LogP contribution in [0, 0.1) is 6.92 Å². The molecule has 2 heterocycles. The van der Waals surface area contributed by atoms with Crippen LogP contribution in [0.25, 0.3) is 11.0 Å². The molecule has 7 heteroatoms. The summed E-state index contributed by atoms with van der Waals surface area (Å²) in [6.45, 7) is 2.85. The van der Waals surface area contributed by atoms with Gasteiger partial charge in [0.1, 0.15) is 11.3 Å². The molecule has 0 radical (unpaired) electrons. The third kappa shape index (κ3) is 3.88. The highest BCUT2D eigenvalue weighted by Crippen LogP contribution is 2.30. The van der Waals surface area contributed by atoms with Crippen LogP contribution in [0.5, 0.6) is 5.75 Å². The van der Waals surface area contributed by atoms with E-state index in [-0.39, 0.29) is 18.6 Å². The number of benzene rings is 1. The SMILES string of the molecule is Cc1cc(=O)oc2cc(OCC(=O)NC[C@H]3CCCO3)c(Cl)cc12. The molecule has 24 heavy (non-hydrogen) atoms. The highest BCUT2D eigenvalue weighted by atomic mass is 35.5. The Balaban J connectivity index is 1.65. The van der Waals surface area contributed by atoms with Gasteiger partial charge in [0.15, 0.2) is 6.61 Å². The molecule has 1 aliphatic heterocycles. The number of ether oxygens (including phenoxy) is 2. The molecule has 0 saturated carbocycles. The van der Waals surface area contributed by atoms with Gasteiger partial charge in [-0.2, -0.15) is 0 Å². The minimum atomic E-state index is -0.442. The van der Waals surface area contributed by atoms with E-state index in [1.54, 1.807) is 13.0 Å². The number of rotatable bonds is 5. The molecule has 6 nitrogen and oxygen atoms in total. The van der Waals surface area contributed by atoms with Crippen molar-refractivity contribution >= 4 is 28.5 Å². The lowest BCUT2D eigenvalue weighted by molar-refractivity contribution is -0.123. The summed E-state index contributed by atoms with van der Waals surface area (Å²) in [5, 5.41) is 3.85. The van der Waals surface area contributed by atoms with E-state index in [2.05, 4.69) is 5.32 Å². The van der Waals surface area contributed by atoms with Gasteiger partial charge in [-0.1, -0.05) is 11.6 Å². The highest BCUT2D eigenvalue weighted by molar-refractivity contribution is 6.32. The van der Waals surface area contributed by atoms with Gasteiger partial charge in [-0.25, -0.2) is 4.79 Å². The fraction of sp³-hybridized carbons (Fsp3) is 0.412. The largest absolute Gasteiger partial charge is 0.482 e. The van der Waals surface area contributed by atoms with E-state index in [1.807, 2.05) is 0 Å². The molecular formula is C17H18ClNO5. The van der Waals surface area contributed by atoms with Crippen LogP contribution in [0.1, 0.15) is 18.4 Å². The van der Waals surface area contributed by atoms with Gasteiger partial charge in [-0.05, 0) is 31.4 Å². The third-order valence-corrected chi connectivity index (χ3v) is 4.21. The lowest BCUT2D eigenvalue weighted by Crippen LogP contribution is -2.35. The number of halogens is 1. The monoisotopic (exact) mass is 351 g/mol. The summed E-state index contributed by atoms with van der Waals surface area (Å²) in [7, 11) is 0. The minimum Gasteiger partial charge on any atom is -0.482 e. The van der Waals surface area contributed by atoms with E-state index < -0.39 is 5.63 Å². The van der Waals surface area contributed by atoms with E-state index >= 15 is 0 Å². The molecule has 1 aromatic heterocycles. The molecule has 1 amide bonds. The zero-order valence-electron chi connectivity index (χ0n) is 13.3. The number of fused-ring (bicyclic) bond motifs is 1. The number of hydrogen-bond acceptors (Lipinski definition) is 5. The van der Waals surface area contributed by atoms with Gasteiger partial charge in [-0.15, -0.1) is 0 Å². The molecule has 3 rings (SSSR count). The zero-order chi connectivity index (χ0) is 17.1. The average Bonchev–Trinajstić information content (AvgIpc) is 3.05. The van der Waals surface area contributed by atoms with E-state index in [0.717, 1.165) is 30.4 Å². The second-order valence-corrected chi connectivity index (χ2v) is 6.16. The van der Waals surface area contributed by atoms with E-state index in [1.165, 1.54) is 12.1 Å². The van der Waals surface area contributed by atoms with Gasteiger partial charge in [-0.3, -0.25) is 4.79 Å². The molecule has 0 aliphatic carbocycles. The first kappa shape index (κ1) is 16.8. The van der Waals surface area contributed by atoms with Crippen LogP contribution in [0.3, 0.4) is 0 Å². The van der Waals surface area contributed by atoms with E-state index in [9.17, 15) is 9.59 Å². The van der Waals surface area contributed by atoms with Crippen molar-refractivity contribution in [3.8, 4) is 5.75 Å². The van der Waals surface area contributed by atoms with Gasteiger partial charge < -0.3 is 19.2 Å². The molecule has 1 fully saturated rings. The first-order valence-electron chi connectivity index (χ1n) is 7.78. The predicted octanol–water partition coefficient (Wildman–Crippen LogP) is 2.43. The zero-order valence-corrected chi connectivity index (χ0v) is 14.0. The molecule has 1 saturated heterocycles. The van der Waals surface area contributed by atoms with Crippen molar-refractivity contribution in [1.82, 2.24) is 5.32 Å². The summed E-state index contributed by atoms with van der Waals surface area (Å²) >= 11 is 6.18. The first-order chi connectivity index (χ1) is 11.5. The van der Waals surface area contributed by atoms with Crippen LogP contribution in [0.2, 0.25) is 5.02 Å². The van der Waals surface area contributed by atoms with Crippen molar-refractivity contribution in [2.75, 3.05) is 19.8 Å². The van der Waals surface area contributed by atoms with Crippen molar-refractivity contribution in [3.05, 3.63) is 39.2 Å². The summed E-state index contributed by atoms with van der Waals surface area (Å²) in [5.74, 6) is 0.0394. The molecule has 1 aliphatic rings. The van der Waals surface area contributed by atoms with Crippen molar-refractivity contribution in [2.24, 2.45) is 0 Å². The average molecular weight is 352 g/mol. The number of aryl methyl sites for hydroxylation is 1. The second-order valence-electron chi connectivity index (χ2n) is 5.76. The molecule has 1 aromatic carbocycles. The molecular weight excluding hydrogens is 334 g/mol. The third-order valence-electron chi connectivity index (χ3n) is 3.91. The summed E-state index contributed by atoms with van der Waals surface area (Å²) in [6.07, 6.45) is 2.06. The van der Waals surface area contributed by atoms with Gasteiger partial charge >= 0.3 is 5.63 Å². The van der Waals surface area contributed by atoms with E-state index in [4.69, 9.17) is 25.5 Å². The smallest absolute Gasteiger partial charge is 0.336 e. The molecule has 0 spiro atoms. The Morgan fingerprint density at radius 2 is 2.25 bits per heavy atom. The molecule has 128 valence electrons. The number of hydrogen-bond donors (Lipinski definition) is 1. The maximum Gasteiger partial charge on any atom is 0.336 e. The van der Waals surface area contributed by atoms with Crippen LogP contribution in [0.15, 0.2) is 27.4 Å². The molecule has 0 bridgehead atoms. The van der Waals surface area contributed by atoms with Crippen LogP contribution in [-0.2, 0) is 9.53 Å². The number of carbonyl (C=O) groups is 1. The van der Waals surface area contributed by atoms with Gasteiger partial charge in [0.05, 0.1) is 11.1 Å². The maximum atomic E-state index is 11.8. The predicted molar refractivity (Wildman–Crippen MR) is 89.7 cm³/mol. The Bertz CT molecular complexity index is 810. The Hall–Kier alpha value is -2.05. The van der Waals surface area contributed by atoms with Gasteiger partial charge in [0.2, 0.25) is 0 Å². The van der Waals surface area contributed by atoms with Crippen molar-refractivity contribution in [3.63, 3.8) is 0 Å². The Labute approximate surface area is 143 Å². The van der Waals surface area contributed by atoms with Crippen molar-refractivity contribution in [1.29, 1.82) is 0 Å². The second kappa shape index (κ2) is 7.23. The van der Waals surface area contributed by atoms with Gasteiger partial charge in [0.25, 0.3) is 5.91 Å². The first-order valence-corrected chi connectivity index (χ1v) is 8.16. The Morgan fingerprint density at radius 3 is 3.00 bits per heavy atom. The van der Waals surface area contributed by atoms with Crippen LogP contribution in [0.4, 0.5) is 0 Å². The fourth-order valence-corrected chi connectivity index (χ4v) is 2.88. The number of amides is 1. The molecule has 0 unspecified atom stereocenters. The summed E-state index contributed by atoms with van der Waals surface area (Å²) < 4.78 is 16.0. The maximum absolute atomic E-state index is 11.8. The Kier molecular flexibility index (Phi) is 5.06.